The summed E-state index contributed by atoms with van der Waals surface area (Å²) in [5, 5.41) is 6.88. The molecular formula is C19H24N4O2. The fourth-order valence-electron chi connectivity index (χ4n) is 3.92. The number of carbonyl (C=O) groups excluding carboxylic acids is 2. The molecule has 0 saturated carbocycles. The average Bonchev–Trinajstić information content (AvgIpc) is 3.04. The number of benzene rings is 1. The molecule has 0 radical (unpaired) electrons. The van der Waals surface area contributed by atoms with E-state index in [1.165, 1.54) is 19.3 Å². The van der Waals surface area contributed by atoms with Crippen molar-refractivity contribution < 1.29 is 9.59 Å². The van der Waals surface area contributed by atoms with Gasteiger partial charge in [0.1, 0.15) is 0 Å². The number of fused-ring (bicyclic) bond motifs is 1. The Bertz CT molecular complexity index is 792. The number of amides is 3. The van der Waals surface area contributed by atoms with Gasteiger partial charge in [0, 0.05) is 31.1 Å². The lowest BCUT2D eigenvalue weighted by molar-refractivity contribution is -0.120. The van der Waals surface area contributed by atoms with Crippen LogP contribution in [0.2, 0.25) is 0 Å². The molecule has 0 bridgehead atoms. The first-order chi connectivity index (χ1) is 12.2. The predicted octanol–water partition coefficient (Wildman–Crippen LogP) is 2.48. The molecule has 6 nitrogen and oxygen atoms in total. The van der Waals surface area contributed by atoms with Gasteiger partial charge in [-0.2, -0.15) is 0 Å². The van der Waals surface area contributed by atoms with E-state index in [4.69, 9.17) is 0 Å². The molecule has 3 amide bonds. The SMILES string of the molecule is O=C1CCN(c2cccc3c2ccn3CCC2CCNCC2)C(=O)N1. The molecule has 4 rings (SSSR count). The van der Waals surface area contributed by atoms with Crippen molar-refractivity contribution in [3.05, 3.63) is 30.5 Å². The number of urea groups is 1. The molecule has 2 aromatic rings. The summed E-state index contributed by atoms with van der Waals surface area (Å²) >= 11 is 0. The standard InChI is InChI=1S/C19H24N4O2/c24-18-8-13-23(19(25)21-18)17-3-1-2-16-15(17)7-12-22(16)11-6-14-4-9-20-10-5-14/h1-3,7,12,14,20H,4-6,8-11,13H2,(H,21,24,25). The Hall–Kier alpha value is -2.34. The molecule has 0 spiro atoms. The lowest BCUT2D eigenvalue weighted by Crippen LogP contribution is -2.49. The van der Waals surface area contributed by atoms with Gasteiger partial charge in [-0.15, -0.1) is 0 Å². The van der Waals surface area contributed by atoms with Crippen LogP contribution in [-0.4, -0.2) is 36.1 Å². The number of rotatable bonds is 4. The summed E-state index contributed by atoms with van der Waals surface area (Å²) in [4.78, 5) is 25.2. The maximum atomic E-state index is 12.2. The van der Waals surface area contributed by atoms with Gasteiger partial charge in [0.25, 0.3) is 0 Å². The molecule has 3 heterocycles. The molecule has 132 valence electrons. The fourth-order valence-corrected chi connectivity index (χ4v) is 3.92. The number of aromatic nitrogens is 1. The topological polar surface area (TPSA) is 66.4 Å². The third-order valence-corrected chi connectivity index (χ3v) is 5.37. The number of anilines is 1. The molecule has 2 N–H and O–H groups in total. The van der Waals surface area contributed by atoms with Crippen LogP contribution in [0.25, 0.3) is 10.9 Å². The summed E-state index contributed by atoms with van der Waals surface area (Å²) in [6.07, 6.45) is 6.16. The molecule has 25 heavy (non-hydrogen) atoms. The molecule has 6 heteroatoms. The molecule has 1 aromatic heterocycles. The van der Waals surface area contributed by atoms with Crippen LogP contribution >= 0.6 is 0 Å². The van der Waals surface area contributed by atoms with E-state index in [0.717, 1.165) is 42.1 Å². The second-order valence-corrected chi connectivity index (χ2v) is 6.96. The van der Waals surface area contributed by atoms with Crippen molar-refractivity contribution >= 4 is 28.5 Å². The zero-order valence-corrected chi connectivity index (χ0v) is 14.3. The Morgan fingerprint density at radius 3 is 2.76 bits per heavy atom. The lowest BCUT2D eigenvalue weighted by atomic mass is 9.95. The highest BCUT2D eigenvalue weighted by Crippen LogP contribution is 2.29. The summed E-state index contributed by atoms with van der Waals surface area (Å²) < 4.78 is 2.29. The molecule has 2 fully saturated rings. The van der Waals surface area contributed by atoms with Gasteiger partial charge < -0.3 is 9.88 Å². The minimum Gasteiger partial charge on any atom is -0.347 e. The number of nitrogens with zero attached hydrogens (tertiary/aromatic N) is 2. The summed E-state index contributed by atoms with van der Waals surface area (Å²) in [6.45, 7) is 3.69. The number of imide groups is 1. The Kier molecular flexibility index (Phi) is 4.44. The molecule has 2 saturated heterocycles. The fraction of sp³-hybridized carbons (Fsp3) is 0.474. The Labute approximate surface area is 147 Å². The lowest BCUT2D eigenvalue weighted by Gasteiger charge is -2.27. The summed E-state index contributed by atoms with van der Waals surface area (Å²) in [7, 11) is 0. The normalized spacial score (nSPS) is 19.4. The van der Waals surface area contributed by atoms with Crippen LogP contribution in [0.5, 0.6) is 0 Å². The van der Waals surface area contributed by atoms with E-state index in [9.17, 15) is 9.59 Å². The van der Waals surface area contributed by atoms with Crippen LogP contribution in [0, 0.1) is 5.92 Å². The van der Waals surface area contributed by atoms with Crippen molar-refractivity contribution in [2.24, 2.45) is 5.92 Å². The van der Waals surface area contributed by atoms with Gasteiger partial charge in [-0.3, -0.25) is 15.0 Å². The van der Waals surface area contributed by atoms with Gasteiger partial charge in [-0.1, -0.05) is 6.07 Å². The molecule has 0 aliphatic carbocycles. The minimum atomic E-state index is -0.328. The average molecular weight is 340 g/mol. The highest BCUT2D eigenvalue weighted by atomic mass is 16.2. The number of aryl methyl sites for hydroxylation is 1. The summed E-state index contributed by atoms with van der Waals surface area (Å²) in [5.41, 5.74) is 2.03. The van der Waals surface area contributed by atoms with Gasteiger partial charge in [0.2, 0.25) is 5.91 Å². The largest absolute Gasteiger partial charge is 0.347 e. The molecule has 0 unspecified atom stereocenters. The van der Waals surface area contributed by atoms with Crippen LogP contribution in [0.1, 0.15) is 25.7 Å². The molecule has 2 aliphatic rings. The van der Waals surface area contributed by atoms with Crippen LogP contribution < -0.4 is 15.5 Å². The summed E-state index contributed by atoms with van der Waals surface area (Å²) in [5.74, 6) is 0.591. The Morgan fingerprint density at radius 2 is 1.96 bits per heavy atom. The smallest absolute Gasteiger partial charge is 0.328 e. The quantitative estimate of drug-likeness (QED) is 0.899. The van der Waals surface area contributed by atoms with Gasteiger partial charge in [0.05, 0.1) is 11.2 Å². The van der Waals surface area contributed by atoms with E-state index >= 15 is 0 Å². The second kappa shape index (κ2) is 6.88. The third kappa shape index (κ3) is 3.26. The number of piperidine rings is 1. The minimum absolute atomic E-state index is 0.201. The maximum Gasteiger partial charge on any atom is 0.328 e. The monoisotopic (exact) mass is 340 g/mol. The van der Waals surface area contributed by atoms with Crippen LogP contribution in [0.15, 0.2) is 30.5 Å². The van der Waals surface area contributed by atoms with Crippen molar-refractivity contribution in [3.63, 3.8) is 0 Å². The van der Waals surface area contributed by atoms with Crippen molar-refractivity contribution in [1.29, 1.82) is 0 Å². The number of carbonyl (C=O) groups is 2. The van der Waals surface area contributed by atoms with Gasteiger partial charge in [-0.05, 0) is 56.5 Å². The molecule has 0 atom stereocenters. The van der Waals surface area contributed by atoms with E-state index in [1.807, 2.05) is 12.1 Å². The highest BCUT2D eigenvalue weighted by Gasteiger charge is 2.25. The van der Waals surface area contributed by atoms with Gasteiger partial charge in [0.15, 0.2) is 0 Å². The van der Waals surface area contributed by atoms with Crippen LogP contribution in [0.4, 0.5) is 10.5 Å². The Morgan fingerprint density at radius 1 is 1.12 bits per heavy atom. The number of hydrogen-bond donors (Lipinski definition) is 2. The Balaban J connectivity index is 1.55. The van der Waals surface area contributed by atoms with E-state index in [2.05, 4.69) is 33.5 Å². The first-order valence-electron chi connectivity index (χ1n) is 9.12. The van der Waals surface area contributed by atoms with Crippen molar-refractivity contribution in [3.8, 4) is 0 Å². The number of nitrogens with one attached hydrogen (secondary N) is 2. The van der Waals surface area contributed by atoms with Crippen molar-refractivity contribution in [2.75, 3.05) is 24.5 Å². The molecular weight excluding hydrogens is 316 g/mol. The summed E-state index contributed by atoms with van der Waals surface area (Å²) in [6, 6.07) is 7.80. The van der Waals surface area contributed by atoms with E-state index in [-0.39, 0.29) is 11.9 Å². The second-order valence-electron chi connectivity index (χ2n) is 6.96. The predicted molar refractivity (Wildman–Crippen MR) is 97.7 cm³/mol. The van der Waals surface area contributed by atoms with Crippen LogP contribution in [0.3, 0.4) is 0 Å². The highest BCUT2D eigenvalue weighted by molar-refractivity contribution is 6.09. The van der Waals surface area contributed by atoms with Gasteiger partial charge in [-0.25, -0.2) is 4.79 Å². The van der Waals surface area contributed by atoms with Gasteiger partial charge >= 0.3 is 6.03 Å². The van der Waals surface area contributed by atoms with Crippen molar-refractivity contribution in [2.45, 2.75) is 32.2 Å². The van der Waals surface area contributed by atoms with Crippen molar-refractivity contribution in [1.82, 2.24) is 15.2 Å². The first kappa shape index (κ1) is 16.1. The number of hydrogen-bond acceptors (Lipinski definition) is 3. The third-order valence-electron chi connectivity index (χ3n) is 5.37. The van der Waals surface area contributed by atoms with Crippen LogP contribution in [-0.2, 0) is 11.3 Å². The van der Waals surface area contributed by atoms with E-state index < -0.39 is 0 Å². The maximum absolute atomic E-state index is 12.2. The molecule has 1 aromatic carbocycles. The zero-order chi connectivity index (χ0) is 17.2. The van der Waals surface area contributed by atoms with E-state index in [0.29, 0.717) is 13.0 Å². The molecule has 2 aliphatic heterocycles. The first-order valence-corrected chi connectivity index (χ1v) is 9.12. The van der Waals surface area contributed by atoms with E-state index in [1.54, 1.807) is 4.90 Å². The zero-order valence-electron chi connectivity index (χ0n) is 14.3.